The highest BCUT2D eigenvalue weighted by Gasteiger charge is 2.34. The summed E-state index contributed by atoms with van der Waals surface area (Å²) in [6.07, 6.45) is 1.45. The van der Waals surface area contributed by atoms with Crippen molar-refractivity contribution in [2.24, 2.45) is 5.92 Å². The minimum Gasteiger partial charge on any atom is -0.338 e. The van der Waals surface area contributed by atoms with E-state index in [1.807, 2.05) is 0 Å². The van der Waals surface area contributed by atoms with E-state index in [1.54, 1.807) is 18.2 Å². The molecule has 130 valence electrons. The van der Waals surface area contributed by atoms with Crippen LogP contribution in [0.5, 0.6) is 0 Å². The van der Waals surface area contributed by atoms with Crippen LogP contribution in [-0.4, -0.2) is 42.4 Å². The molecule has 0 atom stereocenters. The Balaban J connectivity index is 1.75. The highest BCUT2D eigenvalue weighted by atomic mass is 79.9. The third kappa shape index (κ3) is 4.56. The average Bonchev–Trinajstić information content (AvgIpc) is 2.75. The molecule has 0 spiro atoms. The molecule has 1 heterocycles. The molecule has 7 heteroatoms. The van der Waals surface area contributed by atoms with Crippen LogP contribution >= 0.6 is 15.9 Å². The van der Waals surface area contributed by atoms with Crippen molar-refractivity contribution in [1.29, 1.82) is 0 Å². The first kappa shape index (κ1) is 18.4. The molecule has 0 unspecified atom stereocenters. The zero-order valence-electron chi connectivity index (χ0n) is 13.9. The van der Waals surface area contributed by atoms with Crippen LogP contribution in [0.1, 0.15) is 47.4 Å². The Labute approximate surface area is 150 Å². The summed E-state index contributed by atoms with van der Waals surface area (Å²) in [4.78, 5) is 37.3. The number of carbonyl (C=O) groups excluding carboxylic acids is 3. The van der Waals surface area contributed by atoms with Crippen LogP contribution in [0.15, 0.2) is 22.7 Å². The van der Waals surface area contributed by atoms with Crippen molar-refractivity contribution >= 4 is 33.8 Å². The smallest absolute Gasteiger partial charge is 0.314 e. The maximum Gasteiger partial charge on any atom is 0.314 e. The molecule has 0 fully saturated rings. The molecule has 0 saturated carbocycles. The first-order valence-electron chi connectivity index (χ1n) is 8.07. The van der Waals surface area contributed by atoms with E-state index >= 15 is 0 Å². The monoisotopic (exact) mass is 395 g/mol. The van der Waals surface area contributed by atoms with Crippen LogP contribution in [-0.2, 0) is 0 Å². The first-order valence-corrected chi connectivity index (χ1v) is 8.87. The number of imide groups is 1. The quantitative estimate of drug-likeness (QED) is 0.550. The number of halogens is 1. The van der Waals surface area contributed by atoms with Crippen molar-refractivity contribution < 1.29 is 14.4 Å². The normalized spacial score (nSPS) is 13.4. The lowest BCUT2D eigenvalue weighted by molar-refractivity contribution is 0.0653. The van der Waals surface area contributed by atoms with E-state index in [0.29, 0.717) is 36.6 Å². The molecule has 0 bridgehead atoms. The number of nitrogens with zero attached hydrogens (tertiary/aromatic N) is 1. The molecule has 0 aromatic heterocycles. The average molecular weight is 396 g/mol. The third-order valence-corrected chi connectivity index (χ3v) is 4.28. The van der Waals surface area contributed by atoms with Gasteiger partial charge in [-0.2, -0.15) is 0 Å². The zero-order valence-corrected chi connectivity index (χ0v) is 15.5. The molecule has 0 aliphatic carbocycles. The van der Waals surface area contributed by atoms with Gasteiger partial charge in [-0.3, -0.25) is 14.5 Å². The topological polar surface area (TPSA) is 78.5 Å². The lowest BCUT2D eigenvalue weighted by Crippen LogP contribution is -2.38. The molecule has 0 saturated heterocycles. The Morgan fingerprint density at radius 2 is 1.79 bits per heavy atom. The second kappa shape index (κ2) is 8.28. The molecular weight excluding hydrogens is 374 g/mol. The number of urea groups is 1. The van der Waals surface area contributed by atoms with Gasteiger partial charge in [0.15, 0.2) is 0 Å². The molecule has 4 amide bonds. The third-order valence-electron chi connectivity index (χ3n) is 3.78. The molecule has 1 aliphatic heterocycles. The van der Waals surface area contributed by atoms with E-state index in [2.05, 4.69) is 40.4 Å². The Bertz CT molecular complexity index is 646. The van der Waals surface area contributed by atoms with Crippen LogP contribution in [0, 0.1) is 5.92 Å². The summed E-state index contributed by atoms with van der Waals surface area (Å²) in [5.41, 5.74) is 0.858. The molecule has 2 N–H and O–H groups in total. The predicted octanol–water partition coefficient (Wildman–Crippen LogP) is 2.78. The lowest BCUT2D eigenvalue weighted by Gasteiger charge is -2.14. The van der Waals surface area contributed by atoms with E-state index in [-0.39, 0.29) is 24.4 Å². The Morgan fingerprint density at radius 1 is 1.12 bits per heavy atom. The fourth-order valence-electron chi connectivity index (χ4n) is 2.44. The Morgan fingerprint density at radius 3 is 2.50 bits per heavy atom. The number of rotatable bonds is 7. The Hall–Kier alpha value is -1.89. The number of amides is 4. The Kier molecular flexibility index (Phi) is 6.36. The molecule has 0 radical (unpaired) electrons. The van der Waals surface area contributed by atoms with Gasteiger partial charge in [0, 0.05) is 24.1 Å². The van der Waals surface area contributed by atoms with Gasteiger partial charge in [-0.25, -0.2) is 4.79 Å². The number of hydrogen-bond acceptors (Lipinski definition) is 3. The summed E-state index contributed by atoms with van der Waals surface area (Å²) in [7, 11) is 0. The van der Waals surface area contributed by atoms with Crippen LogP contribution < -0.4 is 10.6 Å². The summed E-state index contributed by atoms with van der Waals surface area (Å²) in [5, 5.41) is 5.51. The molecular formula is C17H22BrN3O3. The molecule has 1 aliphatic rings. The second-order valence-electron chi connectivity index (χ2n) is 6.17. The summed E-state index contributed by atoms with van der Waals surface area (Å²) >= 11 is 3.30. The largest absolute Gasteiger partial charge is 0.338 e. The van der Waals surface area contributed by atoms with Gasteiger partial charge in [-0.15, -0.1) is 0 Å². The molecule has 1 aromatic carbocycles. The van der Waals surface area contributed by atoms with Gasteiger partial charge in [-0.05, 0) is 37.0 Å². The number of benzene rings is 1. The predicted molar refractivity (Wildman–Crippen MR) is 95.0 cm³/mol. The van der Waals surface area contributed by atoms with Crippen LogP contribution in [0.2, 0.25) is 0 Å². The first-order chi connectivity index (χ1) is 11.4. The van der Waals surface area contributed by atoms with E-state index in [9.17, 15) is 14.4 Å². The minimum atomic E-state index is -0.280. The van der Waals surface area contributed by atoms with E-state index < -0.39 is 0 Å². The van der Waals surface area contributed by atoms with Crippen molar-refractivity contribution in [2.75, 3.05) is 19.6 Å². The summed E-state index contributed by atoms with van der Waals surface area (Å²) in [5.74, 6) is -0.0132. The van der Waals surface area contributed by atoms with Crippen molar-refractivity contribution in [2.45, 2.75) is 26.7 Å². The van der Waals surface area contributed by atoms with Crippen LogP contribution in [0.3, 0.4) is 0 Å². The van der Waals surface area contributed by atoms with Gasteiger partial charge in [0.05, 0.1) is 11.1 Å². The fraction of sp³-hybridized carbons (Fsp3) is 0.471. The molecule has 6 nitrogen and oxygen atoms in total. The fourth-order valence-corrected chi connectivity index (χ4v) is 2.80. The van der Waals surface area contributed by atoms with E-state index in [4.69, 9.17) is 0 Å². The van der Waals surface area contributed by atoms with E-state index in [1.165, 1.54) is 4.90 Å². The van der Waals surface area contributed by atoms with Gasteiger partial charge in [0.2, 0.25) is 0 Å². The standard InChI is InChI=1S/C17H22BrN3O3/c1-11(2)6-8-20-17(24)19-7-3-9-21-15(22)13-5-4-12(18)10-14(13)16(21)23/h4-5,10-11H,3,6-9H2,1-2H3,(H2,19,20,24). The van der Waals surface area contributed by atoms with Crippen LogP contribution in [0.4, 0.5) is 4.79 Å². The lowest BCUT2D eigenvalue weighted by atomic mass is 10.1. The van der Waals surface area contributed by atoms with Gasteiger partial charge < -0.3 is 10.6 Å². The molecule has 2 rings (SSSR count). The summed E-state index contributed by atoms with van der Waals surface area (Å²) in [6, 6.07) is 4.84. The highest BCUT2D eigenvalue weighted by Crippen LogP contribution is 2.25. The van der Waals surface area contributed by atoms with Gasteiger partial charge in [0.25, 0.3) is 11.8 Å². The van der Waals surface area contributed by atoms with Crippen LogP contribution in [0.25, 0.3) is 0 Å². The SMILES string of the molecule is CC(C)CCNC(=O)NCCCN1C(=O)c2ccc(Br)cc2C1=O. The molecule has 1 aromatic rings. The number of hydrogen-bond donors (Lipinski definition) is 2. The summed E-state index contributed by atoms with van der Waals surface area (Å²) < 4.78 is 0.768. The van der Waals surface area contributed by atoms with Crippen molar-refractivity contribution in [3.63, 3.8) is 0 Å². The maximum atomic E-state index is 12.3. The second-order valence-corrected chi connectivity index (χ2v) is 7.09. The zero-order chi connectivity index (χ0) is 17.7. The van der Waals surface area contributed by atoms with Crippen molar-refractivity contribution in [3.8, 4) is 0 Å². The van der Waals surface area contributed by atoms with Gasteiger partial charge >= 0.3 is 6.03 Å². The van der Waals surface area contributed by atoms with Gasteiger partial charge in [-0.1, -0.05) is 29.8 Å². The van der Waals surface area contributed by atoms with Crippen molar-refractivity contribution in [3.05, 3.63) is 33.8 Å². The number of nitrogens with one attached hydrogen (secondary N) is 2. The van der Waals surface area contributed by atoms with Crippen molar-refractivity contribution in [1.82, 2.24) is 15.5 Å². The number of fused-ring (bicyclic) bond motifs is 1. The summed E-state index contributed by atoms with van der Waals surface area (Å²) in [6.45, 7) is 5.53. The number of carbonyl (C=O) groups is 3. The van der Waals surface area contributed by atoms with Gasteiger partial charge in [0.1, 0.15) is 0 Å². The maximum absolute atomic E-state index is 12.3. The minimum absolute atomic E-state index is 0.220. The molecule has 24 heavy (non-hydrogen) atoms. The van der Waals surface area contributed by atoms with E-state index in [0.717, 1.165) is 10.9 Å². The highest BCUT2D eigenvalue weighted by molar-refractivity contribution is 9.10.